The fourth-order valence-corrected chi connectivity index (χ4v) is 3.80. The van der Waals surface area contributed by atoms with Crippen LogP contribution in [0.5, 0.6) is 0 Å². The van der Waals surface area contributed by atoms with Crippen molar-refractivity contribution in [1.82, 2.24) is 24.5 Å². The second-order valence-corrected chi connectivity index (χ2v) is 7.82. The number of aromatic amines is 2. The van der Waals surface area contributed by atoms with E-state index in [9.17, 15) is 18.0 Å². The summed E-state index contributed by atoms with van der Waals surface area (Å²) < 4.78 is 29.3. The van der Waals surface area contributed by atoms with Crippen molar-refractivity contribution < 1.29 is 8.42 Å². The number of hydrogen-bond donors (Lipinski definition) is 3. The van der Waals surface area contributed by atoms with Gasteiger partial charge in [0.1, 0.15) is 0 Å². The molecule has 0 saturated carbocycles. The van der Waals surface area contributed by atoms with Crippen LogP contribution in [0.1, 0.15) is 5.56 Å². The molecule has 4 aromatic rings. The third kappa shape index (κ3) is 3.50. The number of hydrogen-bond acceptors (Lipinski definition) is 5. The van der Waals surface area contributed by atoms with Crippen molar-refractivity contribution in [1.29, 1.82) is 0 Å². The average molecular weight is 397 g/mol. The van der Waals surface area contributed by atoms with Crippen LogP contribution in [-0.4, -0.2) is 28.2 Å². The lowest BCUT2D eigenvalue weighted by molar-refractivity contribution is 0.581. The Kier molecular flexibility index (Phi) is 4.41. The van der Waals surface area contributed by atoms with Crippen molar-refractivity contribution in [3.05, 3.63) is 87.3 Å². The van der Waals surface area contributed by atoms with Gasteiger partial charge >= 0.3 is 5.69 Å². The number of aromatic nitrogens is 4. The Morgan fingerprint density at radius 1 is 1.04 bits per heavy atom. The zero-order chi connectivity index (χ0) is 19.7. The number of sulfonamides is 1. The summed E-state index contributed by atoms with van der Waals surface area (Å²) in [6.07, 6.45) is 3.48. The van der Waals surface area contributed by atoms with Crippen LogP contribution in [-0.2, 0) is 16.6 Å². The molecule has 0 aliphatic carbocycles. The molecule has 28 heavy (non-hydrogen) atoms. The van der Waals surface area contributed by atoms with Gasteiger partial charge in [-0.1, -0.05) is 12.1 Å². The van der Waals surface area contributed by atoms with E-state index < -0.39 is 21.3 Å². The summed E-state index contributed by atoms with van der Waals surface area (Å²) in [5, 5.41) is 4.22. The van der Waals surface area contributed by atoms with E-state index in [1.54, 1.807) is 23.0 Å². The summed E-state index contributed by atoms with van der Waals surface area (Å²) in [5.74, 6) is 0. The molecule has 0 bridgehead atoms. The SMILES string of the molecule is O=c1[nH]c(=O)c2cc(S(=O)(=O)NCc3ccc(-n4cccn4)cc3)ccc2[nH]1. The highest BCUT2D eigenvalue weighted by Crippen LogP contribution is 2.15. The first-order chi connectivity index (χ1) is 13.4. The van der Waals surface area contributed by atoms with Crippen LogP contribution in [0, 0.1) is 0 Å². The minimum atomic E-state index is -3.84. The Morgan fingerprint density at radius 3 is 2.54 bits per heavy atom. The molecule has 0 fully saturated rings. The van der Waals surface area contributed by atoms with Gasteiger partial charge in [-0.25, -0.2) is 22.6 Å². The molecule has 142 valence electrons. The molecule has 0 aliphatic rings. The molecule has 10 heteroatoms. The summed E-state index contributed by atoms with van der Waals surface area (Å²) in [5.41, 5.74) is 0.596. The molecule has 0 saturated heterocycles. The van der Waals surface area contributed by atoms with E-state index in [0.29, 0.717) is 0 Å². The zero-order valence-corrected chi connectivity index (χ0v) is 15.2. The fraction of sp³-hybridized carbons (Fsp3) is 0.0556. The quantitative estimate of drug-likeness (QED) is 0.460. The number of H-pyrrole nitrogens is 2. The highest BCUT2D eigenvalue weighted by atomic mass is 32.2. The minimum absolute atomic E-state index is 0.0642. The van der Waals surface area contributed by atoms with Gasteiger partial charge in [0.25, 0.3) is 5.56 Å². The van der Waals surface area contributed by atoms with Crippen LogP contribution in [0.25, 0.3) is 16.6 Å². The van der Waals surface area contributed by atoms with Crippen LogP contribution >= 0.6 is 0 Å². The van der Waals surface area contributed by atoms with E-state index in [2.05, 4.69) is 19.8 Å². The lowest BCUT2D eigenvalue weighted by Gasteiger charge is -2.08. The predicted molar refractivity (Wildman–Crippen MR) is 103 cm³/mol. The zero-order valence-electron chi connectivity index (χ0n) is 14.4. The minimum Gasteiger partial charge on any atom is -0.307 e. The van der Waals surface area contributed by atoms with Gasteiger partial charge in [0, 0.05) is 18.9 Å². The Hall–Kier alpha value is -3.50. The van der Waals surface area contributed by atoms with Gasteiger partial charge in [-0.05, 0) is 42.0 Å². The summed E-state index contributed by atoms with van der Waals surface area (Å²) >= 11 is 0. The van der Waals surface area contributed by atoms with Crippen molar-refractivity contribution in [2.75, 3.05) is 0 Å². The van der Waals surface area contributed by atoms with Gasteiger partial charge in [0.05, 0.1) is 21.5 Å². The number of benzene rings is 2. The van der Waals surface area contributed by atoms with Gasteiger partial charge in [-0.15, -0.1) is 0 Å². The van der Waals surface area contributed by atoms with Crippen LogP contribution < -0.4 is 16.0 Å². The van der Waals surface area contributed by atoms with E-state index in [-0.39, 0.29) is 22.3 Å². The maximum Gasteiger partial charge on any atom is 0.326 e. The molecule has 0 aliphatic heterocycles. The Labute approximate surface area is 158 Å². The molecule has 2 aromatic heterocycles. The van der Waals surface area contributed by atoms with Crippen LogP contribution in [0.3, 0.4) is 0 Å². The molecule has 0 atom stereocenters. The lowest BCUT2D eigenvalue weighted by atomic mass is 10.2. The van der Waals surface area contributed by atoms with Crippen molar-refractivity contribution in [2.24, 2.45) is 0 Å². The van der Waals surface area contributed by atoms with E-state index in [1.165, 1.54) is 18.2 Å². The van der Waals surface area contributed by atoms with Gasteiger partial charge in [-0.3, -0.25) is 9.78 Å². The largest absolute Gasteiger partial charge is 0.326 e. The first kappa shape index (κ1) is 17.9. The first-order valence-corrected chi connectivity index (χ1v) is 9.76. The molecular weight excluding hydrogens is 382 g/mol. The average Bonchev–Trinajstić information content (AvgIpc) is 3.21. The smallest absolute Gasteiger partial charge is 0.307 e. The highest BCUT2D eigenvalue weighted by Gasteiger charge is 2.15. The van der Waals surface area contributed by atoms with Crippen LogP contribution in [0.4, 0.5) is 0 Å². The van der Waals surface area contributed by atoms with Crippen molar-refractivity contribution in [2.45, 2.75) is 11.4 Å². The van der Waals surface area contributed by atoms with Crippen molar-refractivity contribution in [3.8, 4) is 5.69 Å². The molecule has 0 amide bonds. The Balaban J connectivity index is 1.55. The fourth-order valence-electron chi connectivity index (χ4n) is 2.76. The second kappa shape index (κ2) is 6.91. The lowest BCUT2D eigenvalue weighted by Crippen LogP contribution is -2.25. The standard InChI is InChI=1S/C18H15N5O4S/c24-17-15-10-14(6-7-16(15)21-18(25)22-17)28(26,27)20-11-12-2-4-13(5-3-12)23-9-1-8-19-23/h1-10,20H,11H2,(H2,21,22,24,25). The second-order valence-electron chi connectivity index (χ2n) is 6.06. The van der Waals surface area contributed by atoms with E-state index in [4.69, 9.17) is 0 Å². The number of nitrogens with one attached hydrogen (secondary N) is 3. The van der Waals surface area contributed by atoms with E-state index in [0.717, 1.165) is 11.3 Å². The number of fused-ring (bicyclic) bond motifs is 1. The predicted octanol–water partition coefficient (Wildman–Crippen LogP) is 0.881. The van der Waals surface area contributed by atoms with Gasteiger partial charge in [-0.2, -0.15) is 5.10 Å². The van der Waals surface area contributed by atoms with Crippen LogP contribution in [0.2, 0.25) is 0 Å². The van der Waals surface area contributed by atoms with Crippen LogP contribution in [0.15, 0.2) is 75.4 Å². The number of rotatable bonds is 5. The molecule has 3 N–H and O–H groups in total. The van der Waals surface area contributed by atoms with E-state index in [1.807, 2.05) is 24.4 Å². The molecule has 4 rings (SSSR count). The summed E-state index contributed by atoms with van der Waals surface area (Å²) in [7, 11) is -3.84. The maximum absolute atomic E-state index is 12.6. The molecule has 2 heterocycles. The molecule has 9 nitrogen and oxygen atoms in total. The van der Waals surface area contributed by atoms with Crippen molar-refractivity contribution in [3.63, 3.8) is 0 Å². The molecule has 2 aromatic carbocycles. The van der Waals surface area contributed by atoms with E-state index >= 15 is 0 Å². The molecule has 0 spiro atoms. The summed E-state index contributed by atoms with van der Waals surface area (Å²) in [4.78, 5) is 27.7. The summed E-state index contributed by atoms with van der Waals surface area (Å²) in [6.45, 7) is 0.0851. The molecular formula is C18H15N5O4S. The normalized spacial score (nSPS) is 11.7. The topological polar surface area (TPSA) is 130 Å². The van der Waals surface area contributed by atoms with Crippen molar-refractivity contribution >= 4 is 20.9 Å². The Morgan fingerprint density at radius 2 is 1.82 bits per heavy atom. The highest BCUT2D eigenvalue weighted by molar-refractivity contribution is 7.89. The maximum atomic E-state index is 12.6. The first-order valence-electron chi connectivity index (χ1n) is 8.27. The monoisotopic (exact) mass is 397 g/mol. The molecule has 0 unspecified atom stereocenters. The summed E-state index contributed by atoms with van der Waals surface area (Å²) in [6, 6.07) is 13.0. The Bertz CT molecular complexity index is 1350. The van der Waals surface area contributed by atoms with Gasteiger partial charge < -0.3 is 4.98 Å². The van der Waals surface area contributed by atoms with Gasteiger partial charge in [0.15, 0.2) is 0 Å². The third-order valence-electron chi connectivity index (χ3n) is 4.19. The molecule has 0 radical (unpaired) electrons. The third-order valence-corrected chi connectivity index (χ3v) is 5.59. The number of nitrogens with zero attached hydrogens (tertiary/aromatic N) is 2. The van der Waals surface area contributed by atoms with Gasteiger partial charge in [0.2, 0.25) is 10.0 Å².